The zero-order chi connectivity index (χ0) is 33.7. The average molecular weight is 705 g/mol. The first-order chi connectivity index (χ1) is 23.9. The second-order valence-corrected chi connectivity index (χ2v) is 12.7. The first-order valence-corrected chi connectivity index (χ1v) is 16.8. The van der Waals surface area contributed by atoms with Crippen molar-refractivity contribution in [2.45, 2.75) is 6.61 Å². The summed E-state index contributed by atoms with van der Waals surface area (Å²) in [6.45, 7) is 4.41. The third kappa shape index (κ3) is 7.34. The highest BCUT2D eigenvalue weighted by atomic mass is 35.5. The van der Waals surface area contributed by atoms with E-state index in [-0.39, 0.29) is 5.56 Å². The van der Waals surface area contributed by atoms with E-state index in [4.69, 9.17) is 37.8 Å². The maximum Gasteiger partial charge on any atom is 0.291 e. The van der Waals surface area contributed by atoms with E-state index in [1.165, 1.54) is 15.9 Å². The summed E-state index contributed by atoms with van der Waals surface area (Å²) in [5.74, 6) is 1.88. The van der Waals surface area contributed by atoms with E-state index in [9.17, 15) is 4.79 Å². The molecule has 0 radical (unpaired) electrons. The van der Waals surface area contributed by atoms with Gasteiger partial charge in [0.1, 0.15) is 30.4 Å². The lowest BCUT2D eigenvalue weighted by Gasteiger charge is -2.09. The monoisotopic (exact) mass is 703 g/mol. The van der Waals surface area contributed by atoms with Gasteiger partial charge in [0, 0.05) is 32.9 Å². The highest BCUT2D eigenvalue weighted by Gasteiger charge is 2.14. The van der Waals surface area contributed by atoms with Crippen molar-refractivity contribution in [3.8, 4) is 28.4 Å². The van der Waals surface area contributed by atoms with E-state index in [0.29, 0.717) is 50.0 Å². The predicted octanol–water partition coefficient (Wildman–Crippen LogP) is 8.17. The quantitative estimate of drug-likeness (QED) is 0.126. The van der Waals surface area contributed by atoms with Gasteiger partial charge >= 0.3 is 0 Å². The van der Waals surface area contributed by atoms with E-state index in [1.54, 1.807) is 29.0 Å². The first-order valence-electron chi connectivity index (χ1n) is 15.2. The van der Waals surface area contributed by atoms with E-state index < -0.39 is 0 Å². The third-order valence-electron chi connectivity index (χ3n) is 7.46. The van der Waals surface area contributed by atoms with Crippen LogP contribution in [0.1, 0.15) is 22.5 Å². The Morgan fingerprint density at radius 1 is 0.857 bits per heavy atom. The number of benzene rings is 4. The van der Waals surface area contributed by atoms with E-state index in [2.05, 4.69) is 16.7 Å². The fourth-order valence-electron chi connectivity index (χ4n) is 5.00. The molecule has 7 aromatic rings. The van der Waals surface area contributed by atoms with Gasteiger partial charge in [0.05, 0.1) is 10.2 Å². The summed E-state index contributed by atoms with van der Waals surface area (Å²) in [6, 6.07) is 30.4. The summed E-state index contributed by atoms with van der Waals surface area (Å²) in [6.07, 6.45) is 9.12. The number of ether oxygens (including phenoxy) is 2. The molecule has 0 aliphatic rings. The molecular formula is C38H27Cl2N5O3S. The molecule has 0 bridgehead atoms. The normalized spacial score (nSPS) is 11.8. The summed E-state index contributed by atoms with van der Waals surface area (Å²) in [5.41, 5.74) is 4.77. The smallest absolute Gasteiger partial charge is 0.291 e. The Labute approximate surface area is 295 Å². The number of hydrogen-bond acceptors (Lipinski definition) is 7. The minimum atomic E-state index is -0.251. The van der Waals surface area contributed by atoms with E-state index in [1.807, 2.05) is 103 Å². The average Bonchev–Trinajstić information content (AvgIpc) is 3.81. The topological polar surface area (TPSA) is 83.5 Å². The summed E-state index contributed by atoms with van der Waals surface area (Å²) >= 11 is 13.6. The Balaban J connectivity index is 1.16. The number of nitrogens with zero attached hydrogens (tertiary/aromatic N) is 5. The number of aromatic nitrogens is 5. The van der Waals surface area contributed by atoms with E-state index >= 15 is 0 Å². The molecule has 0 amide bonds. The van der Waals surface area contributed by atoms with Crippen LogP contribution in [-0.2, 0) is 6.61 Å². The molecule has 0 atom stereocenters. The predicted molar refractivity (Wildman–Crippen MR) is 197 cm³/mol. The second-order valence-electron chi connectivity index (χ2n) is 10.8. The number of para-hydroxylation sites is 1. The number of thiazole rings is 1. The molecule has 0 unspecified atom stereocenters. The molecule has 0 saturated heterocycles. The van der Waals surface area contributed by atoms with Crippen molar-refractivity contribution in [3.63, 3.8) is 0 Å². The maximum absolute atomic E-state index is 13.5. The Morgan fingerprint density at radius 2 is 1.61 bits per heavy atom. The van der Waals surface area contributed by atoms with Crippen LogP contribution in [0, 0.1) is 0 Å². The van der Waals surface area contributed by atoms with Gasteiger partial charge in [-0.2, -0.15) is 14.6 Å². The zero-order valence-corrected chi connectivity index (χ0v) is 28.2. The van der Waals surface area contributed by atoms with Crippen LogP contribution in [0.2, 0.25) is 10.0 Å². The second kappa shape index (κ2) is 14.3. The number of halogens is 2. The van der Waals surface area contributed by atoms with Gasteiger partial charge in [-0.15, -0.1) is 5.10 Å². The van der Waals surface area contributed by atoms with Gasteiger partial charge in [-0.05, 0) is 78.4 Å². The van der Waals surface area contributed by atoms with Crippen molar-refractivity contribution >= 4 is 57.7 Å². The van der Waals surface area contributed by atoms with E-state index in [0.717, 1.165) is 33.7 Å². The van der Waals surface area contributed by atoms with Crippen LogP contribution in [0.5, 0.6) is 11.5 Å². The highest BCUT2D eigenvalue weighted by molar-refractivity contribution is 7.15. The maximum atomic E-state index is 13.5. The van der Waals surface area contributed by atoms with Crippen molar-refractivity contribution in [2.75, 3.05) is 6.61 Å². The molecule has 11 heteroatoms. The molecule has 7 rings (SSSR count). The molecule has 49 heavy (non-hydrogen) atoms. The molecule has 0 aliphatic carbocycles. The van der Waals surface area contributed by atoms with Gasteiger partial charge in [-0.25, -0.2) is 4.68 Å². The molecule has 0 N–H and O–H groups in total. The van der Waals surface area contributed by atoms with Gasteiger partial charge in [-0.1, -0.05) is 89.7 Å². The van der Waals surface area contributed by atoms with Gasteiger partial charge < -0.3 is 9.47 Å². The molecule has 0 spiro atoms. The van der Waals surface area contributed by atoms with Gasteiger partial charge in [0.2, 0.25) is 4.96 Å². The summed E-state index contributed by atoms with van der Waals surface area (Å²) in [4.78, 5) is 18.6. The fourth-order valence-corrected chi connectivity index (χ4v) is 6.37. The molecule has 0 aliphatic heterocycles. The van der Waals surface area contributed by atoms with Crippen LogP contribution in [0.25, 0.3) is 40.1 Å². The molecule has 4 aromatic carbocycles. The van der Waals surface area contributed by atoms with Crippen molar-refractivity contribution in [1.29, 1.82) is 0 Å². The summed E-state index contributed by atoms with van der Waals surface area (Å²) in [7, 11) is 0. The lowest BCUT2D eigenvalue weighted by atomic mass is 10.1. The Kier molecular flexibility index (Phi) is 9.38. The molecule has 242 valence electrons. The molecule has 0 saturated carbocycles. The van der Waals surface area contributed by atoms with Gasteiger partial charge in [0.15, 0.2) is 5.82 Å². The lowest BCUT2D eigenvalue weighted by Crippen LogP contribution is -2.23. The Hall–Kier alpha value is -5.48. The first kappa shape index (κ1) is 32.1. The summed E-state index contributed by atoms with van der Waals surface area (Å²) < 4.78 is 15.2. The Bertz CT molecular complexity index is 2400. The van der Waals surface area contributed by atoms with Gasteiger partial charge in [0.25, 0.3) is 5.56 Å². The van der Waals surface area contributed by atoms with Crippen molar-refractivity contribution in [2.24, 2.45) is 0 Å². The zero-order valence-electron chi connectivity index (χ0n) is 25.9. The minimum Gasteiger partial charge on any atom is -0.490 e. The molecule has 3 heterocycles. The number of hydrogen-bond donors (Lipinski definition) is 0. The fraction of sp³-hybridized carbons (Fsp3) is 0.0526. The number of rotatable bonds is 11. The minimum absolute atomic E-state index is 0.251. The lowest BCUT2D eigenvalue weighted by molar-refractivity contribution is 0.306. The Morgan fingerprint density at radius 3 is 2.35 bits per heavy atom. The van der Waals surface area contributed by atoms with Crippen LogP contribution < -0.4 is 19.6 Å². The molecule has 3 aromatic heterocycles. The van der Waals surface area contributed by atoms with Crippen LogP contribution in [0.3, 0.4) is 0 Å². The molecule has 0 fully saturated rings. The van der Waals surface area contributed by atoms with Crippen LogP contribution in [0.4, 0.5) is 0 Å². The number of fused-ring (bicyclic) bond motifs is 1. The van der Waals surface area contributed by atoms with Crippen LogP contribution in [0.15, 0.2) is 121 Å². The van der Waals surface area contributed by atoms with Crippen molar-refractivity contribution in [3.05, 3.63) is 163 Å². The standard InChI is InChI=1S/C38H27Cl2N5O3S/c1-2-20-47-31-15-8-25(9-16-31)10-19-35-41-38-45(42-35)37(46)34(49-38)21-28-23-44(30-6-4-3-5-7-30)43-36(28)26-12-17-32(18-13-26)48-24-27-11-14-29(39)22-33(27)40/h2-19,21-23H,1,20,24H2/b19-10+,34-21-. The highest BCUT2D eigenvalue weighted by Crippen LogP contribution is 2.28. The van der Waals surface area contributed by atoms with Crippen LogP contribution >= 0.6 is 34.5 Å². The largest absolute Gasteiger partial charge is 0.490 e. The van der Waals surface area contributed by atoms with Crippen LogP contribution in [-0.4, -0.2) is 31.0 Å². The van der Waals surface area contributed by atoms with Crippen molar-refractivity contribution in [1.82, 2.24) is 24.4 Å². The summed E-state index contributed by atoms with van der Waals surface area (Å²) in [5, 5.41) is 10.5. The molecule has 8 nitrogen and oxygen atoms in total. The third-order valence-corrected chi connectivity index (χ3v) is 9.00. The molecular weight excluding hydrogens is 677 g/mol. The van der Waals surface area contributed by atoms with Crippen molar-refractivity contribution < 1.29 is 9.47 Å². The SMILES string of the molecule is C=CCOc1ccc(/C=C/c2nc3s/c(=C\c4cn(-c5ccccc5)nc4-c4ccc(OCc5ccc(Cl)cc5Cl)cc4)c(=O)n3n2)cc1. The van der Waals surface area contributed by atoms with Gasteiger partial charge in [-0.3, -0.25) is 4.79 Å².